The average Bonchev–Trinajstić information content (AvgIpc) is 3.02. The zero-order valence-corrected chi connectivity index (χ0v) is 28.2. The zero-order chi connectivity index (χ0) is 33.5. The summed E-state index contributed by atoms with van der Waals surface area (Å²) >= 11 is 0. The Morgan fingerprint density at radius 1 is 0.804 bits per heavy atom. The number of hydrogen-bond donors (Lipinski definition) is 1. The first-order valence-corrected chi connectivity index (χ1v) is 16.7. The summed E-state index contributed by atoms with van der Waals surface area (Å²) in [5.74, 6) is -0.410. The summed E-state index contributed by atoms with van der Waals surface area (Å²) in [5.41, 5.74) is 3.35. The van der Waals surface area contributed by atoms with Gasteiger partial charge in [0.2, 0.25) is 11.8 Å². The van der Waals surface area contributed by atoms with Crippen molar-refractivity contribution in [1.29, 1.82) is 0 Å². The average molecular weight is 642 g/mol. The van der Waals surface area contributed by atoms with Crippen molar-refractivity contribution in [3.05, 3.63) is 125 Å². The molecule has 242 valence electrons. The predicted molar refractivity (Wildman–Crippen MR) is 182 cm³/mol. The third kappa shape index (κ3) is 8.97. The van der Waals surface area contributed by atoms with Crippen LogP contribution >= 0.6 is 0 Å². The van der Waals surface area contributed by atoms with E-state index in [1.165, 1.54) is 24.1 Å². The Kier molecular flexibility index (Phi) is 10.9. The van der Waals surface area contributed by atoms with E-state index in [-0.39, 0.29) is 29.5 Å². The lowest BCUT2D eigenvalue weighted by Gasteiger charge is -2.35. The summed E-state index contributed by atoms with van der Waals surface area (Å²) in [5, 5.41) is 3.05. The second kappa shape index (κ2) is 14.6. The predicted octanol–water partition coefficient (Wildman–Crippen LogP) is 6.06. The van der Waals surface area contributed by atoms with Gasteiger partial charge in [0.05, 0.1) is 17.7 Å². The highest BCUT2D eigenvalue weighted by Gasteiger charge is 2.35. The fourth-order valence-corrected chi connectivity index (χ4v) is 6.43. The topological polar surface area (TPSA) is 96.0 Å². The summed E-state index contributed by atoms with van der Waals surface area (Å²) in [6.45, 7) is 9.07. The maximum atomic E-state index is 14.6. The van der Waals surface area contributed by atoms with Crippen LogP contribution in [-0.2, 0) is 32.6 Å². The Hall–Kier alpha value is -4.63. The molecule has 1 N–H and O–H groups in total. The highest BCUT2D eigenvalue weighted by Crippen LogP contribution is 2.28. The molecule has 4 aromatic carbocycles. The van der Waals surface area contributed by atoms with Crippen molar-refractivity contribution in [3.8, 4) is 5.75 Å². The van der Waals surface area contributed by atoms with Gasteiger partial charge in [-0.3, -0.25) is 13.9 Å². The summed E-state index contributed by atoms with van der Waals surface area (Å²) < 4.78 is 34.9. The van der Waals surface area contributed by atoms with Crippen molar-refractivity contribution in [2.45, 2.75) is 64.1 Å². The molecule has 0 saturated carbocycles. The minimum absolute atomic E-state index is 0.0464. The molecule has 0 aromatic heterocycles. The summed E-state index contributed by atoms with van der Waals surface area (Å²) in [4.78, 5) is 30.1. The Labute approximate surface area is 273 Å². The van der Waals surface area contributed by atoms with Gasteiger partial charge in [-0.05, 0) is 70.0 Å². The van der Waals surface area contributed by atoms with Gasteiger partial charge in [-0.1, -0.05) is 83.9 Å². The highest BCUT2D eigenvalue weighted by atomic mass is 32.2. The Morgan fingerprint density at radius 2 is 1.41 bits per heavy atom. The second-order valence-corrected chi connectivity index (χ2v) is 14.3. The molecule has 0 aliphatic rings. The van der Waals surface area contributed by atoms with E-state index in [1.54, 1.807) is 36.4 Å². The van der Waals surface area contributed by atoms with Gasteiger partial charge >= 0.3 is 0 Å². The number of rotatable bonds is 12. The highest BCUT2D eigenvalue weighted by molar-refractivity contribution is 7.92. The number of anilines is 1. The molecule has 4 rings (SSSR count). The van der Waals surface area contributed by atoms with Gasteiger partial charge in [0.25, 0.3) is 10.0 Å². The van der Waals surface area contributed by atoms with E-state index in [0.717, 1.165) is 26.6 Å². The Bertz CT molecular complexity index is 1730. The molecule has 0 unspecified atom stereocenters. The van der Waals surface area contributed by atoms with Crippen molar-refractivity contribution in [2.75, 3.05) is 18.0 Å². The molecule has 0 aliphatic carbocycles. The van der Waals surface area contributed by atoms with Crippen LogP contribution in [-0.4, -0.2) is 50.4 Å². The van der Waals surface area contributed by atoms with E-state index >= 15 is 0 Å². The van der Waals surface area contributed by atoms with Crippen LogP contribution in [0.25, 0.3) is 0 Å². The molecule has 0 bridgehead atoms. The molecule has 0 heterocycles. The van der Waals surface area contributed by atoms with Crippen molar-refractivity contribution in [3.63, 3.8) is 0 Å². The van der Waals surface area contributed by atoms with Gasteiger partial charge in [-0.25, -0.2) is 8.42 Å². The molecular formula is C37H43N3O5S. The van der Waals surface area contributed by atoms with Gasteiger partial charge < -0.3 is 15.0 Å². The van der Waals surface area contributed by atoms with Crippen LogP contribution in [0.3, 0.4) is 0 Å². The normalized spacial score (nSPS) is 12.2. The molecule has 8 nitrogen and oxygen atoms in total. The number of sulfonamides is 1. The van der Waals surface area contributed by atoms with Crippen LogP contribution in [0.15, 0.2) is 108 Å². The van der Waals surface area contributed by atoms with Crippen molar-refractivity contribution in [2.24, 2.45) is 0 Å². The lowest BCUT2D eigenvalue weighted by molar-refractivity contribution is -0.140. The zero-order valence-electron chi connectivity index (χ0n) is 27.4. The van der Waals surface area contributed by atoms with E-state index < -0.39 is 34.1 Å². The number of carbonyl (C=O) groups excluding carboxylic acids is 2. The molecule has 0 radical (unpaired) electrons. The lowest BCUT2D eigenvalue weighted by atomic mass is 10.0. The van der Waals surface area contributed by atoms with Gasteiger partial charge in [0.1, 0.15) is 18.3 Å². The summed E-state index contributed by atoms with van der Waals surface area (Å²) in [6.07, 6.45) is 0.240. The quantitative estimate of drug-likeness (QED) is 0.203. The Morgan fingerprint density at radius 3 is 2.00 bits per heavy atom. The third-order valence-corrected chi connectivity index (χ3v) is 9.26. The third-order valence-electron chi connectivity index (χ3n) is 7.47. The first-order valence-electron chi connectivity index (χ1n) is 15.2. The molecule has 0 fully saturated rings. The smallest absolute Gasteiger partial charge is 0.264 e. The van der Waals surface area contributed by atoms with E-state index in [1.807, 2.05) is 89.2 Å². The number of aryl methyl sites for hydroxylation is 2. The molecule has 0 aliphatic heterocycles. The maximum Gasteiger partial charge on any atom is 0.264 e. The van der Waals surface area contributed by atoms with Gasteiger partial charge in [0, 0.05) is 24.6 Å². The minimum atomic E-state index is -4.21. The number of hydrogen-bond acceptors (Lipinski definition) is 5. The van der Waals surface area contributed by atoms with Gasteiger partial charge in [-0.2, -0.15) is 0 Å². The second-order valence-electron chi connectivity index (χ2n) is 12.5. The van der Waals surface area contributed by atoms with Crippen LogP contribution in [0.2, 0.25) is 0 Å². The molecule has 1 atom stereocenters. The Balaban J connectivity index is 1.83. The van der Waals surface area contributed by atoms with Crippen LogP contribution in [0, 0.1) is 13.8 Å². The summed E-state index contributed by atoms with van der Waals surface area (Å²) in [6, 6.07) is 29.4. The van der Waals surface area contributed by atoms with Crippen LogP contribution in [0.4, 0.5) is 5.69 Å². The lowest BCUT2D eigenvalue weighted by Crippen LogP contribution is -2.56. The fraction of sp³-hybridized carbons (Fsp3) is 0.297. The first-order chi connectivity index (χ1) is 21.8. The number of benzene rings is 4. The van der Waals surface area contributed by atoms with Crippen molar-refractivity contribution in [1.82, 2.24) is 10.2 Å². The molecule has 0 spiro atoms. The van der Waals surface area contributed by atoms with E-state index in [0.29, 0.717) is 5.75 Å². The molecule has 46 heavy (non-hydrogen) atoms. The molecule has 4 aromatic rings. The molecule has 9 heteroatoms. The fourth-order valence-electron chi connectivity index (χ4n) is 5.03. The standard InChI is InChI=1S/C37H43N3O5S/c1-27-15-19-30(20-16-27)25-39(34(36(42)38-37(3,4)5)23-29-11-8-7-9-12-29)35(41)26-40(31-13-10-14-32(24-31)45-6)46(43,44)33-21-17-28(2)18-22-33/h7-22,24,34H,23,25-26H2,1-6H3,(H,38,42)/t34-/m1/s1. The number of nitrogens with one attached hydrogen (secondary N) is 1. The first kappa shape index (κ1) is 34.2. The van der Waals surface area contributed by atoms with Crippen molar-refractivity contribution < 1.29 is 22.7 Å². The van der Waals surface area contributed by atoms with Crippen LogP contribution < -0.4 is 14.4 Å². The largest absolute Gasteiger partial charge is 0.497 e. The number of ether oxygens (including phenoxy) is 1. The van der Waals surface area contributed by atoms with Crippen molar-refractivity contribution >= 4 is 27.5 Å². The van der Waals surface area contributed by atoms with Crippen LogP contribution in [0.1, 0.15) is 43.0 Å². The monoisotopic (exact) mass is 641 g/mol. The molecule has 2 amide bonds. The SMILES string of the molecule is COc1cccc(N(CC(=O)N(Cc2ccc(C)cc2)[C@H](Cc2ccccc2)C(=O)NC(C)(C)C)S(=O)(=O)c2ccc(C)cc2)c1. The van der Waals surface area contributed by atoms with E-state index in [2.05, 4.69) is 5.32 Å². The molecular weight excluding hydrogens is 598 g/mol. The number of carbonyl (C=O) groups is 2. The minimum Gasteiger partial charge on any atom is -0.497 e. The van der Waals surface area contributed by atoms with Gasteiger partial charge in [-0.15, -0.1) is 0 Å². The molecule has 0 saturated heterocycles. The number of nitrogens with zero attached hydrogens (tertiary/aromatic N) is 2. The van der Waals surface area contributed by atoms with E-state index in [4.69, 9.17) is 4.74 Å². The van der Waals surface area contributed by atoms with E-state index in [9.17, 15) is 18.0 Å². The van der Waals surface area contributed by atoms with Gasteiger partial charge in [0.15, 0.2) is 0 Å². The maximum absolute atomic E-state index is 14.6. The number of amides is 2. The van der Waals surface area contributed by atoms with Crippen LogP contribution in [0.5, 0.6) is 5.75 Å². The number of methoxy groups -OCH3 is 1. The summed E-state index contributed by atoms with van der Waals surface area (Å²) in [7, 11) is -2.71.